The molecule has 0 amide bonds. The van der Waals surface area contributed by atoms with E-state index in [1.165, 1.54) is 38.2 Å². The highest BCUT2D eigenvalue weighted by Crippen LogP contribution is 2.45. The molecule has 12 rings (SSSR count). The minimum atomic E-state index is 0.825. The predicted molar refractivity (Wildman–Crippen MR) is 220 cm³/mol. The van der Waals surface area contributed by atoms with E-state index in [0.29, 0.717) is 0 Å². The third-order valence-corrected chi connectivity index (χ3v) is 11.1. The van der Waals surface area contributed by atoms with Crippen LogP contribution < -0.4 is 0 Å². The van der Waals surface area contributed by atoms with Crippen molar-refractivity contribution in [1.29, 1.82) is 0 Å². The molecule has 3 heteroatoms. The first kappa shape index (κ1) is 28.6. The molecule has 0 N–H and O–H groups in total. The highest BCUT2D eigenvalue weighted by atomic mass is 16.3. The van der Waals surface area contributed by atoms with E-state index in [-0.39, 0.29) is 0 Å². The van der Waals surface area contributed by atoms with Crippen LogP contribution in [0.5, 0.6) is 0 Å². The van der Waals surface area contributed by atoms with Gasteiger partial charge in [-0.1, -0.05) is 115 Å². The van der Waals surface area contributed by atoms with Gasteiger partial charge in [-0.2, -0.15) is 0 Å². The third-order valence-electron chi connectivity index (χ3n) is 11.1. The van der Waals surface area contributed by atoms with Crippen molar-refractivity contribution < 1.29 is 13.3 Å². The van der Waals surface area contributed by atoms with Gasteiger partial charge in [0.2, 0.25) is 0 Å². The van der Waals surface area contributed by atoms with E-state index in [0.717, 1.165) is 82.5 Å². The summed E-state index contributed by atoms with van der Waals surface area (Å²) in [6.45, 7) is 0. The lowest BCUT2D eigenvalue weighted by Gasteiger charge is -2.17. The molecular formula is C50H28O3. The predicted octanol–water partition coefficient (Wildman–Crippen LogP) is 14.7. The van der Waals surface area contributed by atoms with E-state index >= 15 is 0 Å². The molecule has 0 fully saturated rings. The quantitative estimate of drug-likeness (QED) is 0.175. The molecule has 0 aliphatic rings. The highest BCUT2D eigenvalue weighted by Gasteiger charge is 2.19. The third kappa shape index (κ3) is 4.16. The van der Waals surface area contributed by atoms with Gasteiger partial charge in [0.1, 0.15) is 33.5 Å². The van der Waals surface area contributed by atoms with Gasteiger partial charge in [0.25, 0.3) is 0 Å². The lowest BCUT2D eigenvalue weighted by atomic mass is 9.86. The fraction of sp³-hybridized carbons (Fsp3) is 0. The Hall–Kier alpha value is -7.10. The van der Waals surface area contributed by atoms with Gasteiger partial charge in [0, 0.05) is 38.4 Å². The van der Waals surface area contributed by atoms with Crippen molar-refractivity contribution in [2.45, 2.75) is 0 Å². The molecule has 0 atom stereocenters. The van der Waals surface area contributed by atoms with Crippen molar-refractivity contribution >= 4 is 87.4 Å². The van der Waals surface area contributed by atoms with Gasteiger partial charge in [-0.25, -0.2) is 0 Å². The molecule has 12 aromatic rings. The Bertz CT molecular complexity index is 3390. The number of benzene rings is 9. The Morgan fingerprint density at radius 1 is 0.208 bits per heavy atom. The van der Waals surface area contributed by atoms with Crippen LogP contribution in [0.15, 0.2) is 183 Å². The second-order valence-electron chi connectivity index (χ2n) is 14.0. The summed E-state index contributed by atoms with van der Waals surface area (Å²) in [7, 11) is 0. The molecule has 246 valence electrons. The first-order chi connectivity index (χ1) is 26.2. The maximum atomic E-state index is 6.57. The van der Waals surface area contributed by atoms with Crippen molar-refractivity contribution in [3.05, 3.63) is 170 Å². The van der Waals surface area contributed by atoms with Gasteiger partial charge in [-0.05, 0) is 103 Å². The van der Waals surface area contributed by atoms with Gasteiger partial charge in [-0.3, -0.25) is 0 Å². The average Bonchev–Trinajstić information content (AvgIpc) is 3.88. The Kier molecular flexibility index (Phi) is 5.77. The summed E-state index contributed by atoms with van der Waals surface area (Å²) in [6, 6.07) is 60.3. The van der Waals surface area contributed by atoms with E-state index < -0.39 is 0 Å². The van der Waals surface area contributed by atoms with Crippen LogP contribution in [0.1, 0.15) is 0 Å². The monoisotopic (exact) mass is 676 g/mol. The van der Waals surface area contributed by atoms with Gasteiger partial charge in [0.05, 0.1) is 0 Å². The Labute approximate surface area is 302 Å². The first-order valence-corrected chi connectivity index (χ1v) is 18.0. The van der Waals surface area contributed by atoms with Crippen LogP contribution in [0.4, 0.5) is 0 Å². The van der Waals surface area contributed by atoms with Crippen molar-refractivity contribution in [2.75, 3.05) is 0 Å². The van der Waals surface area contributed by atoms with Crippen molar-refractivity contribution in [3.8, 4) is 33.4 Å². The fourth-order valence-corrected chi connectivity index (χ4v) is 8.64. The van der Waals surface area contributed by atoms with Crippen LogP contribution >= 0.6 is 0 Å². The summed E-state index contributed by atoms with van der Waals surface area (Å²) in [5, 5.41) is 11.5. The van der Waals surface area contributed by atoms with Gasteiger partial charge in [-0.15, -0.1) is 0 Å². The SMILES string of the molecule is c1ccc(-c2c3ccccc3c(-c3ccc4c(c3)oc3ccc(-c5ccc6c(c5)oc5cc7oc8ccccc8c7cc56)cc34)c3ccccc23)cc1. The van der Waals surface area contributed by atoms with Gasteiger partial charge < -0.3 is 13.3 Å². The first-order valence-electron chi connectivity index (χ1n) is 18.0. The van der Waals surface area contributed by atoms with Crippen LogP contribution in [0.3, 0.4) is 0 Å². The fourth-order valence-electron chi connectivity index (χ4n) is 8.64. The van der Waals surface area contributed by atoms with E-state index in [4.69, 9.17) is 13.3 Å². The number of rotatable bonds is 3. The Morgan fingerprint density at radius 3 is 1.28 bits per heavy atom. The average molecular weight is 677 g/mol. The van der Waals surface area contributed by atoms with Gasteiger partial charge >= 0.3 is 0 Å². The second kappa shape index (κ2) is 10.7. The zero-order chi connectivity index (χ0) is 34.6. The summed E-state index contributed by atoms with van der Waals surface area (Å²) in [5.74, 6) is 0. The minimum Gasteiger partial charge on any atom is -0.456 e. The normalized spacial score (nSPS) is 12.2. The summed E-state index contributed by atoms with van der Waals surface area (Å²) in [4.78, 5) is 0. The molecular weight excluding hydrogens is 649 g/mol. The molecule has 3 aromatic heterocycles. The van der Waals surface area contributed by atoms with Crippen molar-refractivity contribution in [1.82, 2.24) is 0 Å². The summed E-state index contributed by atoms with van der Waals surface area (Å²) >= 11 is 0. The lowest BCUT2D eigenvalue weighted by Crippen LogP contribution is -1.90. The van der Waals surface area contributed by atoms with Crippen LogP contribution in [0.2, 0.25) is 0 Å². The topological polar surface area (TPSA) is 39.4 Å². The standard InChI is InChI=1S/C50H28O3/c1-2-10-29(11-3-1)49-36-13-4-6-15-38(36)50(39-16-7-5-14-37(39)49)32-19-22-34-40-24-30(20-23-44(40)52-46(34)26-32)31-18-21-35-42-27-41-33-12-8-9-17-43(33)51-47(41)28-48(42)53-45(35)25-31/h1-28H. The molecule has 9 aromatic carbocycles. The summed E-state index contributed by atoms with van der Waals surface area (Å²) in [6.07, 6.45) is 0. The van der Waals surface area contributed by atoms with Crippen molar-refractivity contribution in [3.63, 3.8) is 0 Å². The number of fused-ring (bicyclic) bond motifs is 11. The van der Waals surface area contributed by atoms with Gasteiger partial charge in [0.15, 0.2) is 0 Å². The molecule has 0 bridgehead atoms. The molecule has 0 saturated carbocycles. The zero-order valence-corrected chi connectivity index (χ0v) is 28.4. The molecule has 3 heterocycles. The maximum absolute atomic E-state index is 6.57. The molecule has 3 nitrogen and oxygen atoms in total. The number of furan rings is 3. The summed E-state index contributed by atoms with van der Waals surface area (Å²) < 4.78 is 19.1. The van der Waals surface area contributed by atoms with Crippen LogP contribution in [0.25, 0.3) is 121 Å². The largest absolute Gasteiger partial charge is 0.456 e. The zero-order valence-electron chi connectivity index (χ0n) is 28.4. The van der Waals surface area contributed by atoms with Crippen LogP contribution in [-0.2, 0) is 0 Å². The van der Waals surface area contributed by atoms with Crippen LogP contribution in [0, 0.1) is 0 Å². The van der Waals surface area contributed by atoms with E-state index in [1.807, 2.05) is 18.2 Å². The smallest absolute Gasteiger partial charge is 0.139 e. The Morgan fingerprint density at radius 2 is 0.623 bits per heavy atom. The molecule has 0 spiro atoms. The van der Waals surface area contributed by atoms with Crippen molar-refractivity contribution in [2.24, 2.45) is 0 Å². The number of hydrogen-bond donors (Lipinski definition) is 0. The van der Waals surface area contributed by atoms with E-state index in [2.05, 4.69) is 152 Å². The highest BCUT2D eigenvalue weighted by molar-refractivity contribution is 6.22. The molecule has 0 unspecified atom stereocenters. The number of para-hydroxylation sites is 1. The lowest BCUT2D eigenvalue weighted by molar-refractivity contribution is 0.656. The molecule has 0 radical (unpaired) electrons. The van der Waals surface area contributed by atoms with E-state index in [9.17, 15) is 0 Å². The molecule has 0 saturated heterocycles. The molecule has 0 aliphatic carbocycles. The minimum absolute atomic E-state index is 0.825. The summed E-state index contributed by atoms with van der Waals surface area (Å²) in [5.41, 5.74) is 12.2. The van der Waals surface area contributed by atoms with E-state index in [1.54, 1.807) is 0 Å². The molecule has 53 heavy (non-hydrogen) atoms. The maximum Gasteiger partial charge on any atom is 0.139 e. The van der Waals surface area contributed by atoms with Crippen LogP contribution in [-0.4, -0.2) is 0 Å². The molecule has 0 aliphatic heterocycles. The Balaban J connectivity index is 0.987. The number of hydrogen-bond acceptors (Lipinski definition) is 3. The second-order valence-corrected chi connectivity index (χ2v) is 14.0.